The van der Waals surface area contributed by atoms with Crippen LogP contribution in [0.4, 0.5) is 5.82 Å². The van der Waals surface area contributed by atoms with E-state index in [-0.39, 0.29) is 0 Å². The first-order chi connectivity index (χ1) is 8.38. The van der Waals surface area contributed by atoms with Crippen LogP contribution < -0.4 is 4.90 Å². The fourth-order valence-corrected chi connectivity index (χ4v) is 2.81. The summed E-state index contributed by atoms with van der Waals surface area (Å²) in [5, 5.41) is 4.24. The van der Waals surface area contributed by atoms with Crippen LogP contribution in [-0.4, -0.2) is 33.6 Å². The maximum absolute atomic E-state index is 5.80. The highest BCUT2D eigenvalue weighted by Gasteiger charge is 2.24. The van der Waals surface area contributed by atoms with Gasteiger partial charge in [-0.05, 0) is 24.8 Å². The van der Waals surface area contributed by atoms with E-state index in [1.807, 2.05) is 29.2 Å². The van der Waals surface area contributed by atoms with Gasteiger partial charge in [0.05, 0.1) is 6.20 Å². The summed E-state index contributed by atoms with van der Waals surface area (Å²) in [7, 11) is 0. The fourth-order valence-electron chi connectivity index (χ4n) is 2.50. The molecule has 0 aromatic carbocycles. The van der Waals surface area contributed by atoms with Gasteiger partial charge < -0.3 is 4.90 Å². The van der Waals surface area contributed by atoms with Gasteiger partial charge in [-0.15, -0.1) is 11.6 Å². The van der Waals surface area contributed by atoms with Crippen LogP contribution >= 0.6 is 11.6 Å². The Morgan fingerprint density at radius 3 is 3.24 bits per heavy atom. The highest BCUT2D eigenvalue weighted by atomic mass is 35.5. The molecular formula is C12H15ClN4. The molecule has 3 rings (SSSR count). The van der Waals surface area contributed by atoms with Crippen molar-refractivity contribution in [1.82, 2.24) is 14.6 Å². The lowest BCUT2D eigenvalue weighted by Gasteiger charge is -2.18. The summed E-state index contributed by atoms with van der Waals surface area (Å²) >= 11 is 5.80. The van der Waals surface area contributed by atoms with Crippen LogP contribution in [-0.2, 0) is 0 Å². The molecule has 0 aliphatic carbocycles. The Kier molecular flexibility index (Phi) is 2.89. The Bertz CT molecular complexity index is 510. The van der Waals surface area contributed by atoms with Gasteiger partial charge in [-0.25, -0.2) is 9.50 Å². The molecule has 1 fully saturated rings. The van der Waals surface area contributed by atoms with E-state index in [1.165, 1.54) is 6.42 Å². The van der Waals surface area contributed by atoms with E-state index >= 15 is 0 Å². The Labute approximate surface area is 105 Å². The minimum Gasteiger partial charge on any atom is -0.355 e. The summed E-state index contributed by atoms with van der Waals surface area (Å²) < 4.78 is 1.87. The van der Waals surface area contributed by atoms with Crippen molar-refractivity contribution in [3.63, 3.8) is 0 Å². The SMILES string of the molecule is ClCCC1CCN(c2nccn3nccc23)C1. The molecule has 0 amide bonds. The quantitative estimate of drug-likeness (QED) is 0.783. The first-order valence-corrected chi connectivity index (χ1v) is 6.51. The zero-order valence-electron chi connectivity index (χ0n) is 9.59. The predicted octanol–water partition coefficient (Wildman–Crippen LogP) is 2.18. The van der Waals surface area contributed by atoms with Gasteiger partial charge in [0, 0.05) is 31.4 Å². The highest BCUT2D eigenvalue weighted by Crippen LogP contribution is 2.27. The molecule has 0 bridgehead atoms. The molecule has 1 saturated heterocycles. The second kappa shape index (κ2) is 4.53. The average Bonchev–Trinajstić information content (AvgIpc) is 2.96. The molecule has 2 aromatic rings. The van der Waals surface area contributed by atoms with Gasteiger partial charge in [0.1, 0.15) is 5.52 Å². The van der Waals surface area contributed by atoms with Crippen molar-refractivity contribution in [2.45, 2.75) is 12.8 Å². The molecule has 1 atom stereocenters. The monoisotopic (exact) mass is 250 g/mol. The van der Waals surface area contributed by atoms with Crippen molar-refractivity contribution in [2.24, 2.45) is 5.92 Å². The van der Waals surface area contributed by atoms with E-state index < -0.39 is 0 Å². The molecular weight excluding hydrogens is 236 g/mol. The third-order valence-electron chi connectivity index (χ3n) is 3.41. The van der Waals surface area contributed by atoms with Gasteiger partial charge in [0.25, 0.3) is 0 Å². The lowest BCUT2D eigenvalue weighted by molar-refractivity contribution is 0.572. The molecule has 1 aliphatic rings. The van der Waals surface area contributed by atoms with Gasteiger partial charge in [0.2, 0.25) is 0 Å². The third-order valence-corrected chi connectivity index (χ3v) is 3.63. The summed E-state index contributed by atoms with van der Waals surface area (Å²) in [6.07, 6.45) is 7.81. The van der Waals surface area contributed by atoms with Gasteiger partial charge in [-0.2, -0.15) is 5.10 Å². The zero-order valence-corrected chi connectivity index (χ0v) is 10.3. The molecule has 5 heteroatoms. The van der Waals surface area contributed by atoms with Crippen molar-refractivity contribution in [3.8, 4) is 0 Å². The highest BCUT2D eigenvalue weighted by molar-refractivity contribution is 6.17. The number of fused-ring (bicyclic) bond motifs is 1. The van der Waals surface area contributed by atoms with Gasteiger partial charge in [-0.1, -0.05) is 0 Å². The summed E-state index contributed by atoms with van der Waals surface area (Å²) in [4.78, 5) is 6.83. The smallest absolute Gasteiger partial charge is 0.154 e. The Balaban J connectivity index is 1.87. The minimum absolute atomic E-state index is 0.706. The molecule has 0 spiro atoms. The second-order valence-corrected chi connectivity index (χ2v) is 4.87. The normalized spacial score (nSPS) is 20.3. The first-order valence-electron chi connectivity index (χ1n) is 5.98. The molecule has 3 heterocycles. The number of hydrogen-bond donors (Lipinski definition) is 0. The van der Waals surface area contributed by atoms with Crippen LogP contribution in [0.15, 0.2) is 24.7 Å². The number of hydrogen-bond acceptors (Lipinski definition) is 3. The summed E-state index contributed by atoms with van der Waals surface area (Å²) in [5.74, 6) is 2.50. The van der Waals surface area contributed by atoms with E-state index in [1.54, 1.807) is 0 Å². The Morgan fingerprint density at radius 2 is 2.35 bits per heavy atom. The first kappa shape index (κ1) is 10.8. The average molecular weight is 251 g/mol. The molecule has 1 unspecified atom stereocenters. The van der Waals surface area contributed by atoms with Gasteiger partial charge in [0.15, 0.2) is 5.82 Å². The third kappa shape index (κ3) is 1.97. The lowest BCUT2D eigenvalue weighted by atomic mass is 10.1. The van der Waals surface area contributed by atoms with Gasteiger partial charge in [-0.3, -0.25) is 0 Å². The largest absolute Gasteiger partial charge is 0.355 e. The number of rotatable bonds is 3. The molecule has 0 saturated carbocycles. The van der Waals surface area contributed by atoms with Crippen molar-refractivity contribution >= 4 is 22.9 Å². The fraction of sp³-hybridized carbons (Fsp3) is 0.500. The summed E-state index contributed by atoms with van der Waals surface area (Å²) in [5.41, 5.74) is 1.08. The molecule has 0 N–H and O–H groups in total. The van der Waals surface area contributed by atoms with Crippen LogP contribution in [0.5, 0.6) is 0 Å². The van der Waals surface area contributed by atoms with Crippen molar-refractivity contribution in [2.75, 3.05) is 23.9 Å². The summed E-state index contributed by atoms with van der Waals surface area (Å²) in [6, 6.07) is 2.01. The number of aromatic nitrogens is 3. The number of alkyl halides is 1. The topological polar surface area (TPSA) is 33.4 Å². The van der Waals surface area contributed by atoms with Crippen LogP contribution in [0.3, 0.4) is 0 Å². The Hall–Kier alpha value is -1.29. The number of anilines is 1. The van der Waals surface area contributed by atoms with E-state index in [9.17, 15) is 0 Å². The number of nitrogens with zero attached hydrogens (tertiary/aromatic N) is 4. The van der Waals surface area contributed by atoms with Crippen molar-refractivity contribution in [1.29, 1.82) is 0 Å². The molecule has 4 nitrogen and oxygen atoms in total. The molecule has 0 radical (unpaired) electrons. The maximum Gasteiger partial charge on any atom is 0.154 e. The van der Waals surface area contributed by atoms with Crippen LogP contribution in [0, 0.1) is 5.92 Å². The van der Waals surface area contributed by atoms with Crippen LogP contribution in [0.25, 0.3) is 5.52 Å². The number of halogens is 1. The zero-order chi connectivity index (χ0) is 11.7. The Morgan fingerprint density at radius 1 is 1.41 bits per heavy atom. The van der Waals surface area contributed by atoms with Gasteiger partial charge >= 0.3 is 0 Å². The second-order valence-electron chi connectivity index (χ2n) is 4.49. The van der Waals surface area contributed by atoms with Crippen molar-refractivity contribution < 1.29 is 0 Å². The summed E-state index contributed by atoms with van der Waals surface area (Å²) in [6.45, 7) is 2.13. The minimum atomic E-state index is 0.706. The molecule has 17 heavy (non-hydrogen) atoms. The van der Waals surface area contributed by atoms with Crippen molar-refractivity contribution in [3.05, 3.63) is 24.7 Å². The maximum atomic E-state index is 5.80. The standard InChI is InChI=1S/C12H15ClN4/c13-4-1-10-3-7-16(9-10)12-11-2-5-15-17(11)8-6-14-12/h2,5-6,8,10H,1,3-4,7,9H2. The lowest BCUT2D eigenvalue weighted by Crippen LogP contribution is -2.21. The van der Waals surface area contributed by atoms with E-state index in [4.69, 9.17) is 11.6 Å². The predicted molar refractivity (Wildman–Crippen MR) is 68.6 cm³/mol. The molecule has 1 aliphatic heterocycles. The van der Waals surface area contributed by atoms with E-state index in [0.29, 0.717) is 5.92 Å². The van der Waals surface area contributed by atoms with Crippen LogP contribution in [0.1, 0.15) is 12.8 Å². The van der Waals surface area contributed by atoms with E-state index in [0.717, 1.165) is 36.7 Å². The molecule has 90 valence electrons. The van der Waals surface area contributed by atoms with E-state index in [2.05, 4.69) is 15.0 Å². The van der Waals surface area contributed by atoms with Crippen LogP contribution in [0.2, 0.25) is 0 Å². The molecule has 2 aromatic heterocycles.